The van der Waals surface area contributed by atoms with E-state index in [-0.39, 0.29) is 6.54 Å². The quantitative estimate of drug-likeness (QED) is 0.901. The Morgan fingerprint density at radius 3 is 2.64 bits per heavy atom. The molecule has 2 saturated heterocycles. The van der Waals surface area contributed by atoms with Crippen molar-refractivity contribution < 1.29 is 8.78 Å². The molecule has 4 rings (SSSR count). The summed E-state index contributed by atoms with van der Waals surface area (Å²) in [5.41, 5.74) is 4.13. The van der Waals surface area contributed by atoms with Crippen LogP contribution in [0.2, 0.25) is 0 Å². The molecule has 4 nitrogen and oxygen atoms in total. The van der Waals surface area contributed by atoms with Crippen LogP contribution in [0.3, 0.4) is 0 Å². The predicted octanol–water partition coefficient (Wildman–Crippen LogP) is 2.05. The standard InChI is InChI=1S/C19H28F2N4/c1-23-8-6-16-17(23)3-2-4-18(16)25-11-9-24(10-12-25)13-15-5-7-22-14-19(15,20)21/h2-4,15,22H,5-14H2,1H3/t15-/m1/s1. The minimum atomic E-state index is -2.57. The molecule has 0 aliphatic carbocycles. The highest BCUT2D eigenvalue weighted by Gasteiger charge is 2.42. The highest BCUT2D eigenvalue weighted by Crippen LogP contribution is 2.35. The van der Waals surface area contributed by atoms with Crippen molar-refractivity contribution in [3.63, 3.8) is 0 Å². The lowest BCUT2D eigenvalue weighted by molar-refractivity contribution is -0.0831. The summed E-state index contributed by atoms with van der Waals surface area (Å²) < 4.78 is 28.1. The van der Waals surface area contributed by atoms with Crippen molar-refractivity contribution in [2.45, 2.75) is 18.8 Å². The number of piperidine rings is 1. The van der Waals surface area contributed by atoms with Crippen LogP contribution >= 0.6 is 0 Å². The van der Waals surface area contributed by atoms with E-state index in [2.05, 4.69) is 45.3 Å². The summed E-state index contributed by atoms with van der Waals surface area (Å²) in [4.78, 5) is 6.99. The Morgan fingerprint density at radius 1 is 1.12 bits per heavy atom. The highest BCUT2D eigenvalue weighted by atomic mass is 19.3. The third kappa shape index (κ3) is 3.34. The normalized spacial score (nSPS) is 26.8. The molecule has 25 heavy (non-hydrogen) atoms. The summed E-state index contributed by atoms with van der Waals surface area (Å²) in [5, 5.41) is 2.82. The maximum absolute atomic E-state index is 14.0. The lowest BCUT2D eigenvalue weighted by atomic mass is 9.93. The van der Waals surface area contributed by atoms with Crippen LogP contribution in [0.15, 0.2) is 18.2 Å². The van der Waals surface area contributed by atoms with Crippen molar-refractivity contribution >= 4 is 11.4 Å². The molecular weight excluding hydrogens is 322 g/mol. The maximum Gasteiger partial charge on any atom is 0.264 e. The molecule has 1 N–H and O–H groups in total. The topological polar surface area (TPSA) is 21.8 Å². The summed E-state index contributed by atoms with van der Waals surface area (Å²) in [6.45, 7) is 5.76. The number of halogens is 2. The van der Waals surface area contributed by atoms with Gasteiger partial charge in [0.25, 0.3) is 5.92 Å². The average Bonchev–Trinajstić information content (AvgIpc) is 2.99. The number of nitrogens with zero attached hydrogens (tertiary/aromatic N) is 3. The van der Waals surface area contributed by atoms with E-state index >= 15 is 0 Å². The van der Waals surface area contributed by atoms with Gasteiger partial charge in [-0.05, 0) is 31.5 Å². The monoisotopic (exact) mass is 350 g/mol. The zero-order valence-corrected chi connectivity index (χ0v) is 15.0. The third-order valence-corrected chi connectivity index (χ3v) is 6.05. The van der Waals surface area contributed by atoms with Crippen LogP contribution in [0.25, 0.3) is 0 Å². The van der Waals surface area contributed by atoms with E-state index in [1.807, 2.05) is 0 Å². The molecule has 1 atom stereocenters. The second-order valence-corrected chi connectivity index (χ2v) is 7.66. The highest BCUT2D eigenvalue weighted by molar-refractivity contribution is 5.70. The van der Waals surface area contributed by atoms with Crippen molar-refractivity contribution in [1.29, 1.82) is 0 Å². The zero-order chi connectivity index (χ0) is 17.4. The van der Waals surface area contributed by atoms with Crippen LogP contribution in [-0.4, -0.2) is 70.2 Å². The Hall–Kier alpha value is -1.40. The van der Waals surface area contributed by atoms with Gasteiger partial charge in [0, 0.05) is 69.2 Å². The molecule has 3 heterocycles. The summed E-state index contributed by atoms with van der Waals surface area (Å²) >= 11 is 0. The molecular formula is C19H28F2N4. The van der Waals surface area contributed by atoms with Crippen molar-refractivity contribution in [3.8, 4) is 0 Å². The first kappa shape index (κ1) is 17.0. The molecule has 0 saturated carbocycles. The SMILES string of the molecule is CN1CCc2c1cccc2N1CCN(C[C@H]2CCNCC2(F)F)CC1. The molecule has 0 aromatic heterocycles. The lowest BCUT2D eigenvalue weighted by Gasteiger charge is -2.40. The van der Waals surface area contributed by atoms with Crippen LogP contribution < -0.4 is 15.1 Å². The van der Waals surface area contributed by atoms with Crippen molar-refractivity contribution in [3.05, 3.63) is 23.8 Å². The first-order valence-corrected chi connectivity index (χ1v) is 9.43. The summed E-state index contributed by atoms with van der Waals surface area (Å²) in [6.07, 6.45) is 1.68. The smallest absolute Gasteiger partial charge is 0.264 e. The largest absolute Gasteiger partial charge is 0.374 e. The molecule has 0 amide bonds. The van der Waals surface area contributed by atoms with Gasteiger partial charge in [0.15, 0.2) is 0 Å². The van der Waals surface area contributed by atoms with Crippen molar-refractivity contribution in [2.75, 3.05) is 69.2 Å². The zero-order valence-electron chi connectivity index (χ0n) is 15.0. The number of benzene rings is 1. The number of nitrogens with one attached hydrogen (secondary N) is 1. The number of likely N-dealkylation sites (N-methyl/N-ethyl adjacent to an activating group) is 1. The minimum absolute atomic E-state index is 0.165. The molecule has 2 fully saturated rings. The molecule has 138 valence electrons. The Kier molecular flexibility index (Phi) is 4.58. The molecule has 1 aromatic rings. The van der Waals surface area contributed by atoms with Gasteiger partial charge in [0.2, 0.25) is 0 Å². The number of anilines is 2. The van der Waals surface area contributed by atoms with Gasteiger partial charge in [0.05, 0.1) is 6.54 Å². The Morgan fingerprint density at radius 2 is 1.88 bits per heavy atom. The fourth-order valence-electron chi connectivity index (χ4n) is 4.47. The second kappa shape index (κ2) is 6.72. The van der Waals surface area contributed by atoms with Gasteiger partial charge in [-0.25, -0.2) is 8.78 Å². The van der Waals surface area contributed by atoms with Crippen LogP contribution in [0.4, 0.5) is 20.2 Å². The third-order valence-electron chi connectivity index (χ3n) is 6.05. The summed E-state index contributed by atoms with van der Waals surface area (Å²) in [7, 11) is 2.15. The molecule has 0 bridgehead atoms. The maximum atomic E-state index is 14.0. The van der Waals surface area contributed by atoms with Gasteiger partial charge in [-0.15, -0.1) is 0 Å². The number of hydrogen-bond donors (Lipinski definition) is 1. The molecule has 0 unspecified atom stereocenters. The molecule has 3 aliphatic heterocycles. The lowest BCUT2D eigenvalue weighted by Crippen LogP contribution is -2.53. The Labute approximate surface area is 148 Å². The first-order valence-electron chi connectivity index (χ1n) is 9.43. The summed E-state index contributed by atoms with van der Waals surface area (Å²) in [6, 6.07) is 6.55. The number of alkyl halides is 2. The molecule has 0 spiro atoms. The fourth-order valence-corrected chi connectivity index (χ4v) is 4.47. The Bertz CT molecular complexity index is 613. The first-order chi connectivity index (χ1) is 12.0. The van der Waals surface area contributed by atoms with Gasteiger partial charge in [-0.3, -0.25) is 4.90 Å². The van der Waals surface area contributed by atoms with E-state index in [1.54, 1.807) is 0 Å². The number of hydrogen-bond acceptors (Lipinski definition) is 4. The molecule has 0 radical (unpaired) electrons. The number of piperazine rings is 1. The number of fused-ring (bicyclic) bond motifs is 1. The van der Waals surface area contributed by atoms with Gasteiger partial charge in [-0.2, -0.15) is 0 Å². The number of rotatable bonds is 3. The second-order valence-electron chi connectivity index (χ2n) is 7.66. The minimum Gasteiger partial charge on any atom is -0.374 e. The molecule has 6 heteroatoms. The van der Waals surface area contributed by atoms with Gasteiger partial charge < -0.3 is 15.1 Å². The van der Waals surface area contributed by atoms with Gasteiger partial charge in [0.1, 0.15) is 0 Å². The molecule has 3 aliphatic rings. The van der Waals surface area contributed by atoms with E-state index < -0.39 is 11.8 Å². The van der Waals surface area contributed by atoms with Crippen molar-refractivity contribution in [1.82, 2.24) is 10.2 Å². The van der Waals surface area contributed by atoms with E-state index in [1.165, 1.54) is 16.9 Å². The van der Waals surface area contributed by atoms with Crippen LogP contribution in [0.1, 0.15) is 12.0 Å². The predicted molar refractivity (Wildman–Crippen MR) is 98.0 cm³/mol. The Balaban J connectivity index is 1.38. The van der Waals surface area contributed by atoms with E-state index in [4.69, 9.17) is 0 Å². The van der Waals surface area contributed by atoms with Crippen LogP contribution in [0.5, 0.6) is 0 Å². The van der Waals surface area contributed by atoms with E-state index in [0.29, 0.717) is 19.5 Å². The van der Waals surface area contributed by atoms with E-state index in [9.17, 15) is 8.78 Å². The van der Waals surface area contributed by atoms with Crippen LogP contribution in [0, 0.1) is 5.92 Å². The summed E-state index contributed by atoms with van der Waals surface area (Å²) in [5.74, 6) is -3.07. The molecule has 1 aromatic carbocycles. The van der Waals surface area contributed by atoms with E-state index in [0.717, 1.165) is 39.1 Å². The fraction of sp³-hybridized carbons (Fsp3) is 0.684. The van der Waals surface area contributed by atoms with Gasteiger partial charge in [-0.1, -0.05) is 6.07 Å². The van der Waals surface area contributed by atoms with Crippen molar-refractivity contribution in [2.24, 2.45) is 5.92 Å². The van der Waals surface area contributed by atoms with Crippen LogP contribution in [-0.2, 0) is 6.42 Å². The van der Waals surface area contributed by atoms with Gasteiger partial charge >= 0.3 is 0 Å². The average molecular weight is 350 g/mol.